The Labute approximate surface area is 162 Å². The Kier molecular flexibility index (Phi) is 8.29. The zero-order valence-electron chi connectivity index (χ0n) is 15.4. The van der Waals surface area contributed by atoms with Crippen molar-refractivity contribution in [3.8, 4) is 0 Å². The van der Waals surface area contributed by atoms with Gasteiger partial charge in [0.25, 0.3) is 0 Å². The average molecular weight is 390 g/mol. The molecule has 0 unspecified atom stereocenters. The number of amides is 1. The van der Waals surface area contributed by atoms with Gasteiger partial charge in [-0.3, -0.25) is 14.5 Å². The molecular formula is C20H23FN2O3S. The van der Waals surface area contributed by atoms with Crippen LogP contribution in [0.5, 0.6) is 0 Å². The average Bonchev–Trinajstić information content (AvgIpc) is 2.64. The van der Waals surface area contributed by atoms with E-state index in [0.29, 0.717) is 12.2 Å². The molecular weight excluding hydrogens is 367 g/mol. The third-order valence-electron chi connectivity index (χ3n) is 3.72. The van der Waals surface area contributed by atoms with E-state index in [0.717, 1.165) is 10.5 Å². The van der Waals surface area contributed by atoms with Gasteiger partial charge >= 0.3 is 5.97 Å². The lowest BCUT2D eigenvalue weighted by atomic mass is 10.2. The molecule has 0 heterocycles. The Balaban J connectivity index is 2.01. The van der Waals surface area contributed by atoms with E-state index in [1.54, 1.807) is 35.7 Å². The molecule has 2 aromatic carbocycles. The van der Waals surface area contributed by atoms with Crippen LogP contribution in [0.2, 0.25) is 0 Å². The molecule has 1 N–H and O–H groups in total. The number of benzene rings is 2. The van der Waals surface area contributed by atoms with Crippen molar-refractivity contribution >= 4 is 29.3 Å². The van der Waals surface area contributed by atoms with Gasteiger partial charge in [0, 0.05) is 17.1 Å². The lowest BCUT2D eigenvalue weighted by Crippen LogP contribution is -2.37. The third kappa shape index (κ3) is 7.40. The third-order valence-corrected chi connectivity index (χ3v) is 4.46. The van der Waals surface area contributed by atoms with Crippen LogP contribution in [0.15, 0.2) is 53.4 Å². The van der Waals surface area contributed by atoms with Crippen molar-refractivity contribution in [2.45, 2.75) is 18.4 Å². The minimum Gasteiger partial charge on any atom is -0.465 e. The van der Waals surface area contributed by atoms with E-state index >= 15 is 0 Å². The van der Waals surface area contributed by atoms with E-state index in [1.165, 1.54) is 12.1 Å². The molecule has 0 aliphatic carbocycles. The van der Waals surface area contributed by atoms with Crippen molar-refractivity contribution in [2.24, 2.45) is 0 Å². The summed E-state index contributed by atoms with van der Waals surface area (Å²) in [6.07, 6.45) is 1.98. The maximum Gasteiger partial charge on any atom is 0.320 e. The highest BCUT2D eigenvalue weighted by molar-refractivity contribution is 7.98. The highest BCUT2D eigenvalue weighted by Crippen LogP contribution is 2.17. The van der Waals surface area contributed by atoms with E-state index in [4.69, 9.17) is 4.74 Å². The van der Waals surface area contributed by atoms with Gasteiger partial charge in [0.15, 0.2) is 0 Å². The largest absolute Gasteiger partial charge is 0.465 e. The molecule has 2 aromatic rings. The summed E-state index contributed by atoms with van der Waals surface area (Å²) in [6, 6.07) is 13.5. The molecule has 0 radical (unpaired) electrons. The number of anilines is 1. The summed E-state index contributed by atoms with van der Waals surface area (Å²) in [5, 5.41) is 2.82. The second-order valence-electron chi connectivity index (χ2n) is 5.85. The number of thioether (sulfide) groups is 1. The van der Waals surface area contributed by atoms with Gasteiger partial charge in [-0.15, -0.1) is 11.8 Å². The predicted octanol–water partition coefficient (Wildman–Crippen LogP) is 3.55. The molecule has 0 bridgehead atoms. The van der Waals surface area contributed by atoms with Crippen molar-refractivity contribution in [2.75, 3.05) is 31.3 Å². The van der Waals surface area contributed by atoms with Gasteiger partial charge in [0.1, 0.15) is 5.82 Å². The summed E-state index contributed by atoms with van der Waals surface area (Å²) in [4.78, 5) is 27.0. The number of carbonyl (C=O) groups excluding carboxylic acids is 2. The van der Waals surface area contributed by atoms with Crippen LogP contribution in [0.1, 0.15) is 12.5 Å². The van der Waals surface area contributed by atoms with Crippen molar-refractivity contribution in [1.82, 2.24) is 4.90 Å². The summed E-state index contributed by atoms with van der Waals surface area (Å²) >= 11 is 1.62. The van der Waals surface area contributed by atoms with Crippen LogP contribution < -0.4 is 5.32 Å². The summed E-state index contributed by atoms with van der Waals surface area (Å²) in [5.74, 6) is -0.975. The van der Waals surface area contributed by atoms with Crippen molar-refractivity contribution in [1.29, 1.82) is 0 Å². The number of hydrogen-bond acceptors (Lipinski definition) is 5. The van der Waals surface area contributed by atoms with Gasteiger partial charge in [-0.1, -0.05) is 12.1 Å². The molecule has 0 spiro atoms. The molecule has 27 heavy (non-hydrogen) atoms. The van der Waals surface area contributed by atoms with Gasteiger partial charge in [-0.25, -0.2) is 4.39 Å². The predicted molar refractivity (Wildman–Crippen MR) is 105 cm³/mol. The van der Waals surface area contributed by atoms with Crippen LogP contribution >= 0.6 is 11.8 Å². The fourth-order valence-electron chi connectivity index (χ4n) is 2.48. The second kappa shape index (κ2) is 10.7. The van der Waals surface area contributed by atoms with E-state index in [-0.39, 0.29) is 31.4 Å². The standard InChI is InChI=1S/C20H23FN2O3S/c1-3-26-20(25)14-23(12-15-4-6-16(21)7-5-15)13-19(24)22-17-8-10-18(27-2)11-9-17/h4-11H,3,12-14H2,1-2H3,(H,22,24). The summed E-state index contributed by atoms with van der Waals surface area (Å²) in [6.45, 7) is 2.33. The zero-order valence-corrected chi connectivity index (χ0v) is 16.2. The maximum absolute atomic E-state index is 13.1. The molecule has 5 nitrogen and oxygen atoms in total. The van der Waals surface area contributed by atoms with Gasteiger partial charge in [0.2, 0.25) is 5.91 Å². The van der Waals surface area contributed by atoms with Gasteiger partial charge in [-0.05, 0) is 55.1 Å². The Bertz CT molecular complexity index is 751. The Morgan fingerprint density at radius 1 is 1.07 bits per heavy atom. The molecule has 0 fully saturated rings. The van der Waals surface area contributed by atoms with E-state index in [1.807, 2.05) is 30.5 Å². The first-order valence-corrected chi connectivity index (χ1v) is 9.79. The first-order chi connectivity index (χ1) is 13.0. The quantitative estimate of drug-likeness (QED) is 0.524. The molecule has 7 heteroatoms. The van der Waals surface area contributed by atoms with E-state index < -0.39 is 5.97 Å². The van der Waals surface area contributed by atoms with Crippen LogP contribution in [0.25, 0.3) is 0 Å². The number of esters is 1. The van der Waals surface area contributed by atoms with Crippen LogP contribution in [-0.2, 0) is 20.9 Å². The fraction of sp³-hybridized carbons (Fsp3) is 0.300. The number of nitrogens with one attached hydrogen (secondary N) is 1. The van der Waals surface area contributed by atoms with Gasteiger partial charge < -0.3 is 10.1 Å². The van der Waals surface area contributed by atoms with Gasteiger partial charge in [0.05, 0.1) is 19.7 Å². The minimum absolute atomic E-state index is 0.0144. The monoisotopic (exact) mass is 390 g/mol. The Morgan fingerprint density at radius 3 is 2.33 bits per heavy atom. The topological polar surface area (TPSA) is 58.6 Å². The molecule has 1 amide bonds. The molecule has 144 valence electrons. The zero-order chi connectivity index (χ0) is 19.6. The summed E-state index contributed by atoms with van der Waals surface area (Å²) in [7, 11) is 0. The fourth-order valence-corrected chi connectivity index (χ4v) is 2.89. The molecule has 0 aliphatic rings. The van der Waals surface area contributed by atoms with Crippen LogP contribution in [0.4, 0.5) is 10.1 Å². The van der Waals surface area contributed by atoms with E-state index in [9.17, 15) is 14.0 Å². The molecule has 0 atom stereocenters. The number of rotatable bonds is 9. The van der Waals surface area contributed by atoms with E-state index in [2.05, 4.69) is 5.32 Å². The Morgan fingerprint density at radius 2 is 1.74 bits per heavy atom. The molecule has 0 saturated heterocycles. The van der Waals surface area contributed by atoms with Crippen LogP contribution in [-0.4, -0.2) is 42.7 Å². The first kappa shape index (κ1) is 20.9. The number of halogens is 1. The number of ether oxygens (including phenoxy) is 1. The highest BCUT2D eigenvalue weighted by Gasteiger charge is 2.16. The van der Waals surface area contributed by atoms with Gasteiger partial charge in [-0.2, -0.15) is 0 Å². The minimum atomic E-state index is -0.406. The van der Waals surface area contributed by atoms with Crippen LogP contribution in [0, 0.1) is 5.82 Å². The number of nitrogens with zero attached hydrogens (tertiary/aromatic N) is 1. The summed E-state index contributed by atoms with van der Waals surface area (Å²) in [5.41, 5.74) is 1.49. The molecule has 0 aliphatic heterocycles. The smallest absolute Gasteiger partial charge is 0.320 e. The lowest BCUT2D eigenvalue weighted by Gasteiger charge is -2.21. The number of carbonyl (C=O) groups is 2. The van der Waals surface area contributed by atoms with Crippen LogP contribution in [0.3, 0.4) is 0 Å². The summed E-state index contributed by atoms with van der Waals surface area (Å²) < 4.78 is 18.1. The molecule has 0 aromatic heterocycles. The second-order valence-corrected chi connectivity index (χ2v) is 6.73. The molecule has 2 rings (SSSR count). The van der Waals surface area contributed by atoms with Crippen molar-refractivity contribution in [3.05, 3.63) is 59.9 Å². The van der Waals surface area contributed by atoms with Crippen molar-refractivity contribution < 1.29 is 18.7 Å². The SMILES string of the molecule is CCOC(=O)CN(CC(=O)Nc1ccc(SC)cc1)Cc1ccc(F)cc1. The lowest BCUT2D eigenvalue weighted by molar-refractivity contribution is -0.144. The van der Waals surface area contributed by atoms with Crippen molar-refractivity contribution in [3.63, 3.8) is 0 Å². The maximum atomic E-state index is 13.1. The molecule has 0 saturated carbocycles. The number of hydrogen-bond donors (Lipinski definition) is 1. The highest BCUT2D eigenvalue weighted by atomic mass is 32.2. The first-order valence-electron chi connectivity index (χ1n) is 8.56. The Hall–Kier alpha value is -2.38. The normalized spacial score (nSPS) is 10.7.